The van der Waals surface area contributed by atoms with Crippen molar-refractivity contribution in [2.75, 3.05) is 0 Å². The number of rotatable bonds is 6. The van der Waals surface area contributed by atoms with Crippen LogP contribution in [0.3, 0.4) is 0 Å². The molecule has 0 bridgehead atoms. The number of esters is 1. The number of aliphatic hydroxyl groups excluding tert-OH is 1. The molecule has 0 aromatic rings. The van der Waals surface area contributed by atoms with Crippen LogP contribution in [0.5, 0.6) is 0 Å². The lowest BCUT2D eigenvalue weighted by molar-refractivity contribution is -0.149. The van der Waals surface area contributed by atoms with Gasteiger partial charge in [-0.05, 0) is 6.92 Å². The Labute approximate surface area is 78.7 Å². The number of hydrogen-bond acceptors (Lipinski definition) is 3. The zero-order valence-corrected chi connectivity index (χ0v) is 7.90. The fourth-order valence-electron chi connectivity index (χ4n) is 0.809. The second-order valence-electron chi connectivity index (χ2n) is 2.83. The molecule has 0 heterocycles. The highest BCUT2D eigenvalue weighted by molar-refractivity contribution is 5.70. The van der Waals surface area contributed by atoms with Crippen LogP contribution in [0.1, 0.15) is 19.8 Å². The fraction of sp³-hybridized carbons (Fsp3) is 0.500. The van der Waals surface area contributed by atoms with Crippen molar-refractivity contribution in [1.29, 1.82) is 0 Å². The fourth-order valence-corrected chi connectivity index (χ4v) is 0.809. The molecule has 0 saturated heterocycles. The molecule has 74 valence electrons. The van der Waals surface area contributed by atoms with Crippen LogP contribution in [0.4, 0.5) is 0 Å². The summed E-state index contributed by atoms with van der Waals surface area (Å²) in [5, 5.41) is 9.03. The molecule has 2 atom stereocenters. The summed E-state index contributed by atoms with van der Waals surface area (Å²) in [7, 11) is 0. The van der Waals surface area contributed by atoms with E-state index in [1.54, 1.807) is 13.0 Å². The van der Waals surface area contributed by atoms with Gasteiger partial charge in [-0.3, -0.25) is 4.79 Å². The van der Waals surface area contributed by atoms with Gasteiger partial charge in [0.15, 0.2) is 0 Å². The van der Waals surface area contributed by atoms with E-state index in [0.29, 0.717) is 6.42 Å². The molecule has 13 heavy (non-hydrogen) atoms. The molecule has 0 amide bonds. The minimum atomic E-state index is -0.816. The van der Waals surface area contributed by atoms with Crippen LogP contribution in [0.2, 0.25) is 0 Å². The van der Waals surface area contributed by atoms with Gasteiger partial charge in [0.1, 0.15) is 6.10 Å². The summed E-state index contributed by atoms with van der Waals surface area (Å²) in [5.41, 5.74) is 0. The first kappa shape index (κ1) is 11.9. The van der Waals surface area contributed by atoms with Gasteiger partial charge in [0.2, 0.25) is 0 Å². The Morgan fingerprint density at radius 2 is 2.23 bits per heavy atom. The van der Waals surface area contributed by atoms with Crippen molar-refractivity contribution in [3.8, 4) is 0 Å². The molecule has 0 rings (SSSR count). The molecule has 0 spiro atoms. The number of ether oxygens (including phenoxy) is 1. The van der Waals surface area contributed by atoms with Crippen molar-refractivity contribution < 1.29 is 14.6 Å². The molecule has 0 aliphatic rings. The Balaban J connectivity index is 3.73. The minimum absolute atomic E-state index is 0.0367. The van der Waals surface area contributed by atoms with E-state index in [2.05, 4.69) is 13.2 Å². The third-order valence-corrected chi connectivity index (χ3v) is 1.48. The summed E-state index contributed by atoms with van der Waals surface area (Å²) in [5.74, 6) is -0.415. The Bertz CT molecular complexity index is 187. The SMILES string of the molecule is C=CC[C@@H](C)OC(=O)C[C@@H](O)C=C. The van der Waals surface area contributed by atoms with E-state index in [9.17, 15) is 4.79 Å². The zero-order valence-electron chi connectivity index (χ0n) is 7.90. The smallest absolute Gasteiger partial charge is 0.309 e. The normalized spacial score (nSPS) is 14.3. The Morgan fingerprint density at radius 1 is 1.62 bits per heavy atom. The van der Waals surface area contributed by atoms with E-state index in [4.69, 9.17) is 9.84 Å². The van der Waals surface area contributed by atoms with Crippen LogP contribution < -0.4 is 0 Å². The van der Waals surface area contributed by atoms with Gasteiger partial charge in [0.05, 0.1) is 12.5 Å². The molecule has 0 aromatic carbocycles. The summed E-state index contributed by atoms with van der Waals surface area (Å²) < 4.78 is 4.95. The maximum Gasteiger partial charge on any atom is 0.309 e. The van der Waals surface area contributed by atoms with Crippen LogP contribution in [-0.2, 0) is 9.53 Å². The van der Waals surface area contributed by atoms with Gasteiger partial charge in [-0.2, -0.15) is 0 Å². The molecule has 0 aromatic heterocycles. The van der Waals surface area contributed by atoms with Gasteiger partial charge in [-0.25, -0.2) is 0 Å². The second-order valence-corrected chi connectivity index (χ2v) is 2.83. The molecule has 0 radical (unpaired) electrons. The Hall–Kier alpha value is -1.09. The summed E-state index contributed by atoms with van der Waals surface area (Å²) in [4.78, 5) is 11.0. The molecular formula is C10H16O3. The number of carbonyl (C=O) groups excluding carboxylic acids is 1. The summed E-state index contributed by atoms with van der Waals surface area (Å²) in [6.07, 6.45) is 2.58. The Kier molecular flexibility index (Phi) is 5.89. The maximum absolute atomic E-state index is 11.0. The highest BCUT2D eigenvalue weighted by atomic mass is 16.5. The lowest BCUT2D eigenvalue weighted by Crippen LogP contribution is -2.18. The molecule has 3 nitrogen and oxygen atoms in total. The van der Waals surface area contributed by atoms with E-state index < -0.39 is 12.1 Å². The molecule has 0 fully saturated rings. The van der Waals surface area contributed by atoms with Gasteiger partial charge in [0, 0.05) is 6.42 Å². The first-order chi connectivity index (χ1) is 6.10. The maximum atomic E-state index is 11.0. The number of carbonyl (C=O) groups is 1. The van der Waals surface area contributed by atoms with Crippen LogP contribution >= 0.6 is 0 Å². The zero-order chi connectivity index (χ0) is 10.3. The van der Waals surface area contributed by atoms with Gasteiger partial charge < -0.3 is 9.84 Å². The quantitative estimate of drug-likeness (QED) is 0.501. The highest BCUT2D eigenvalue weighted by Crippen LogP contribution is 2.02. The molecule has 3 heteroatoms. The predicted octanol–water partition coefficient (Wildman–Crippen LogP) is 1.43. The van der Waals surface area contributed by atoms with E-state index >= 15 is 0 Å². The van der Waals surface area contributed by atoms with Crippen LogP contribution in [0.15, 0.2) is 25.3 Å². The highest BCUT2D eigenvalue weighted by Gasteiger charge is 2.11. The van der Waals surface area contributed by atoms with Crippen molar-refractivity contribution in [3.05, 3.63) is 25.3 Å². The van der Waals surface area contributed by atoms with E-state index in [1.807, 2.05) is 0 Å². The van der Waals surface area contributed by atoms with Gasteiger partial charge in [0.25, 0.3) is 0 Å². The number of aliphatic hydroxyl groups is 1. The summed E-state index contributed by atoms with van der Waals surface area (Å²) >= 11 is 0. The third-order valence-electron chi connectivity index (χ3n) is 1.48. The molecule has 0 aliphatic heterocycles. The first-order valence-corrected chi connectivity index (χ1v) is 4.21. The van der Waals surface area contributed by atoms with Crippen LogP contribution in [0, 0.1) is 0 Å². The second kappa shape index (κ2) is 6.43. The Morgan fingerprint density at radius 3 is 2.69 bits per heavy atom. The van der Waals surface area contributed by atoms with Crippen molar-refractivity contribution in [3.63, 3.8) is 0 Å². The van der Waals surface area contributed by atoms with E-state index in [1.165, 1.54) is 6.08 Å². The molecule has 0 unspecified atom stereocenters. The third kappa shape index (κ3) is 6.11. The monoisotopic (exact) mass is 184 g/mol. The van der Waals surface area contributed by atoms with Crippen molar-refractivity contribution in [2.24, 2.45) is 0 Å². The molecule has 0 aliphatic carbocycles. The van der Waals surface area contributed by atoms with Crippen molar-refractivity contribution in [1.82, 2.24) is 0 Å². The summed E-state index contributed by atoms with van der Waals surface area (Å²) in [6, 6.07) is 0. The van der Waals surface area contributed by atoms with Gasteiger partial charge >= 0.3 is 5.97 Å². The predicted molar refractivity (Wildman–Crippen MR) is 51.2 cm³/mol. The van der Waals surface area contributed by atoms with E-state index in [0.717, 1.165) is 0 Å². The minimum Gasteiger partial charge on any atom is -0.462 e. The standard InChI is InChI=1S/C10H16O3/c1-4-6-8(3)13-10(12)7-9(11)5-2/h4-5,8-9,11H,1-2,6-7H2,3H3/t8-,9+/m1/s1. The van der Waals surface area contributed by atoms with Gasteiger partial charge in [-0.1, -0.05) is 12.2 Å². The van der Waals surface area contributed by atoms with Gasteiger partial charge in [-0.15, -0.1) is 13.2 Å². The molecular weight excluding hydrogens is 168 g/mol. The molecule has 1 N–H and O–H groups in total. The van der Waals surface area contributed by atoms with E-state index in [-0.39, 0.29) is 12.5 Å². The topological polar surface area (TPSA) is 46.5 Å². The molecule has 0 saturated carbocycles. The summed E-state index contributed by atoms with van der Waals surface area (Å²) in [6.45, 7) is 8.66. The number of hydrogen-bond donors (Lipinski definition) is 1. The van der Waals surface area contributed by atoms with Crippen LogP contribution in [-0.4, -0.2) is 23.3 Å². The van der Waals surface area contributed by atoms with Crippen molar-refractivity contribution >= 4 is 5.97 Å². The lowest BCUT2D eigenvalue weighted by Gasteiger charge is -2.11. The average Bonchev–Trinajstić information content (AvgIpc) is 2.04. The van der Waals surface area contributed by atoms with Crippen molar-refractivity contribution in [2.45, 2.75) is 32.0 Å². The lowest BCUT2D eigenvalue weighted by atomic mass is 10.2. The van der Waals surface area contributed by atoms with Crippen LogP contribution in [0.25, 0.3) is 0 Å². The largest absolute Gasteiger partial charge is 0.462 e. The first-order valence-electron chi connectivity index (χ1n) is 4.21. The average molecular weight is 184 g/mol.